The first-order valence-electron chi connectivity index (χ1n) is 7.07. The maximum Gasteiger partial charge on any atom is 0.255 e. The first-order valence-corrected chi connectivity index (χ1v) is 7.07. The van der Waals surface area contributed by atoms with Crippen LogP contribution in [0.5, 0.6) is 5.88 Å². The Bertz CT molecular complexity index is 551. The molecule has 112 valence electrons. The minimum absolute atomic E-state index is 0.00154. The molecular weight excluding hydrogens is 271 g/mol. The van der Waals surface area contributed by atoms with Crippen LogP contribution < -0.4 is 10.1 Å². The van der Waals surface area contributed by atoms with Crippen molar-refractivity contribution in [3.8, 4) is 5.88 Å². The summed E-state index contributed by atoms with van der Waals surface area (Å²) in [5, 5.41) is 3.00. The van der Waals surface area contributed by atoms with Crippen LogP contribution in [-0.4, -0.2) is 28.1 Å². The maximum atomic E-state index is 13.6. The van der Waals surface area contributed by atoms with Gasteiger partial charge in [-0.2, -0.15) is 9.37 Å². The number of pyridine rings is 1. The quantitative estimate of drug-likeness (QED) is 0.758. The molecule has 2 aromatic heterocycles. The molecule has 0 radical (unpaired) electrons. The summed E-state index contributed by atoms with van der Waals surface area (Å²) in [6, 6.07) is 3.91. The Morgan fingerprint density at radius 1 is 1.29 bits per heavy atom. The number of rotatable bonds is 8. The number of nitrogens with zero attached hydrogens (tertiary/aromatic N) is 3. The van der Waals surface area contributed by atoms with Crippen molar-refractivity contribution in [2.75, 3.05) is 18.5 Å². The molecule has 0 aliphatic carbocycles. The third-order valence-electron chi connectivity index (χ3n) is 2.84. The lowest BCUT2D eigenvalue weighted by atomic mass is 10.1. The summed E-state index contributed by atoms with van der Waals surface area (Å²) in [4.78, 5) is 11.9. The predicted octanol–water partition coefficient (Wildman–Crippen LogP) is 2.84. The standard InChI is InChI=1S/C15H19FN4O/c1-2-7-18-15-19-11-13(16)14(20-15)21-10-3-4-12-5-8-17-9-6-12/h5-6,8-9,11H,2-4,7,10H2,1H3,(H,18,19,20). The molecule has 0 atom stereocenters. The van der Waals surface area contributed by atoms with Crippen molar-refractivity contribution >= 4 is 5.95 Å². The molecule has 0 saturated heterocycles. The van der Waals surface area contributed by atoms with Crippen LogP contribution in [-0.2, 0) is 6.42 Å². The number of nitrogens with one attached hydrogen (secondary N) is 1. The predicted molar refractivity (Wildman–Crippen MR) is 78.8 cm³/mol. The monoisotopic (exact) mass is 290 g/mol. The SMILES string of the molecule is CCCNc1ncc(F)c(OCCCc2ccncc2)n1. The summed E-state index contributed by atoms with van der Waals surface area (Å²) in [6.07, 6.45) is 7.23. The first-order chi connectivity index (χ1) is 10.3. The Hall–Kier alpha value is -2.24. The Morgan fingerprint density at radius 3 is 2.86 bits per heavy atom. The lowest BCUT2D eigenvalue weighted by molar-refractivity contribution is 0.282. The molecule has 0 fully saturated rings. The summed E-state index contributed by atoms with van der Waals surface area (Å²) in [6.45, 7) is 3.18. The Kier molecular flexibility index (Phi) is 5.87. The van der Waals surface area contributed by atoms with E-state index in [-0.39, 0.29) is 5.88 Å². The smallest absolute Gasteiger partial charge is 0.255 e. The van der Waals surface area contributed by atoms with Crippen LogP contribution >= 0.6 is 0 Å². The van der Waals surface area contributed by atoms with Crippen molar-refractivity contribution in [3.05, 3.63) is 42.1 Å². The molecule has 2 heterocycles. The summed E-state index contributed by atoms with van der Waals surface area (Å²) < 4.78 is 19.0. The number of aryl methyl sites for hydroxylation is 1. The second-order valence-electron chi connectivity index (χ2n) is 4.58. The maximum absolute atomic E-state index is 13.6. The minimum atomic E-state index is -0.541. The van der Waals surface area contributed by atoms with Gasteiger partial charge in [0.05, 0.1) is 12.8 Å². The topological polar surface area (TPSA) is 59.9 Å². The average molecular weight is 290 g/mol. The van der Waals surface area contributed by atoms with E-state index in [1.54, 1.807) is 12.4 Å². The fraction of sp³-hybridized carbons (Fsp3) is 0.400. The van der Waals surface area contributed by atoms with E-state index >= 15 is 0 Å². The van der Waals surface area contributed by atoms with E-state index in [4.69, 9.17) is 4.74 Å². The number of hydrogen-bond donors (Lipinski definition) is 1. The van der Waals surface area contributed by atoms with Gasteiger partial charge in [0.15, 0.2) is 0 Å². The second kappa shape index (κ2) is 8.14. The average Bonchev–Trinajstić information content (AvgIpc) is 2.53. The highest BCUT2D eigenvalue weighted by Gasteiger charge is 2.07. The van der Waals surface area contributed by atoms with Crippen LogP contribution in [0.2, 0.25) is 0 Å². The van der Waals surface area contributed by atoms with Gasteiger partial charge in [-0.3, -0.25) is 4.98 Å². The zero-order valence-electron chi connectivity index (χ0n) is 12.1. The highest BCUT2D eigenvalue weighted by molar-refractivity contribution is 5.28. The van der Waals surface area contributed by atoms with E-state index in [2.05, 4.69) is 20.3 Å². The lowest BCUT2D eigenvalue weighted by Crippen LogP contribution is -2.08. The van der Waals surface area contributed by atoms with Gasteiger partial charge in [0.1, 0.15) is 0 Å². The molecule has 5 nitrogen and oxygen atoms in total. The molecule has 0 aliphatic rings. The van der Waals surface area contributed by atoms with E-state index < -0.39 is 5.82 Å². The van der Waals surface area contributed by atoms with E-state index in [1.807, 2.05) is 19.1 Å². The molecule has 0 amide bonds. The van der Waals surface area contributed by atoms with Crippen LogP contribution in [0.1, 0.15) is 25.3 Å². The normalized spacial score (nSPS) is 10.4. The van der Waals surface area contributed by atoms with Crippen LogP contribution in [0.15, 0.2) is 30.7 Å². The van der Waals surface area contributed by atoms with Gasteiger partial charge in [-0.15, -0.1) is 0 Å². The third kappa shape index (κ3) is 4.98. The number of aromatic nitrogens is 3. The van der Waals surface area contributed by atoms with Crippen LogP contribution in [0.25, 0.3) is 0 Å². The van der Waals surface area contributed by atoms with Crippen molar-refractivity contribution in [1.82, 2.24) is 15.0 Å². The van der Waals surface area contributed by atoms with E-state index in [1.165, 1.54) is 5.56 Å². The molecule has 0 saturated carbocycles. The second-order valence-corrected chi connectivity index (χ2v) is 4.58. The molecule has 2 rings (SSSR count). The molecule has 1 N–H and O–H groups in total. The molecule has 0 aromatic carbocycles. The molecule has 0 unspecified atom stereocenters. The fourth-order valence-electron chi connectivity index (χ4n) is 1.77. The van der Waals surface area contributed by atoms with Gasteiger partial charge in [-0.25, -0.2) is 4.98 Å². The van der Waals surface area contributed by atoms with Gasteiger partial charge in [-0.1, -0.05) is 6.92 Å². The highest BCUT2D eigenvalue weighted by atomic mass is 19.1. The highest BCUT2D eigenvalue weighted by Crippen LogP contribution is 2.15. The van der Waals surface area contributed by atoms with Crippen LogP contribution in [0, 0.1) is 5.82 Å². The van der Waals surface area contributed by atoms with Gasteiger partial charge in [-0.05, 0) is 37.0 Å². The molecule has 6 heteroatoms. The van der Waals surface area contributed by atoms with Crippen molar-refractivity contribution in [3.63, 3.8) is 0 Å². The van der Waals surface area contributed by atoms with Crippen LogP contribution in [0.3, 0.4) is 0 Å². The van der Waals surface area contributed by atoms with E-state index in [0.717, 1.165) is 32.0 Å². The van der Waals surface area contributed by atoms with Gasteiger partial charge in [0, 0.05) is 18.9 Å². The number of anilines is 1. The Labute approximate surface area is 123 Å². The number of ether oxygens (including phenoxy) is 1. The Morgan fingerprint density at radius 2 is 2.10 bits per heavy atom. The van der Waals surface area contributed by atoms with Crippen molar-refractivity contribution < 1.29 is 9.13 Å². The molecule has 0 bridgehead atoms. The molecule has 0 spiro atoms. The molecule has 0 aliphatic heterocycles. The van der Waals surface area contributed by atoms with Gasteiger partial charge in [0.25, 0.3) is 5.88 Å². The number of halogens is 1. The number of hydrogen-bond acceptors (Lipinski definition) is 5. The fourth-order valence-corrected chi connectivity index (χ4v) is 1.77. The first kappa shape index (κ1) is 15.2. The molecular formula is C15H19FN4O. The third-order valence-corrected chi connectivity index (χ3v) is 2.84. The Balaban J connectivity index is 1.82. The summed E-state index contributed by atoms with van der Waals surface area (Å²) in [5.41, 5.74) is 1.18. The van der Waals surface area contributed by atoms with Gasteiger partial charge in [0.2, 0.25) is 11.8 Å². The zero-order chi connectivity index (χ0) is 14.9. The molecule has 21 heavy (non-hydrogen) atoms. The molecule has 2 aromatic rings. The lowest BCUT2D eigenvalue weighted by Gasteiger charge is -2.08. The van der Waals surface area contributed by atoms with Crippen molar-refractivity contribution in [2.45, 2.75) is 26.2 Å². The van der Waals surface area contributed by atoms with E-state index in [0.29, 0.717) is 12.6 Å². The van der Waals surface area contributed by atoms with Crippen molar-refractivity contribution in [2.24, 2.45) is 0 Å². The van der Waals surface area contributed by atoms with Gasteiger partial charge < -0.3 is 10.1 Å². The van der Waals surface area contributed by atoms with Crippen LogP contribution in [0.4, 0.5) is 10.3 Å². The summed E-state index contributed by atoms with van der Waals surface area (Å²) in [5.74, 6) is -0.151. The van der Waals surface area contributed by atoms with Gasteiger partial charge >= 0.3 is 0 Å². The summed E-state index contributed by atoms with van der Waals surface area (Å²) >= 11 is 0. The zero-order valence-corrected chi connectivity index (χ0v) is 12.1. The largest absolute Gasteiger partial charge is 0.475 e. The van der Waals surface area contributed by atoms with Crippen molar-refractivity contribution in [1.29, 1.82) is 0 Å². The minimum Gasteiger partial charge on any atom is -0.475 e. The van der Waals surface area contributed by atoms with E-state index in [9.17, 15) is 4.39 Å². The summed E-state index contributed by atoms with van der Waals surface area (Å²) in [7, 11) is 0.